The fourth-order valence-corrected chi connectivity index (χ4v) is 6.05. The minimum Gasteiger partial charge on any atom is -0.508 e. The van der Waals surface area contributed by atoms with Crippen molar-refractivity contribution < 1.29 is 19.7 Å². The maximum atomic E-state index is 10.7. The first-order chi connectivity index (χ1) is 17.2. The van der Waals surface area contributed by atoms with Gasteiger partial charge >= 0.3 is 0 Å². The van der Waals surface area contributed by atoms with E-state index >= 15 is 0 Å². The molecule has 3 aromatic rings. The van der Waals surface area contributed by atoms with Gasteiger partial charge < -0.3 is 24.6 Å². The smallest absolute Gasteiger partial charge is 0.187 e. The van der Waals surface area contributed by atoms with E-state index in [-0.39, 0.29) is 23.5 Å². The lowest BCUT2D eigenvalue weighted by Crippen LogP contribution is -2.58. The van der Waals surface area contributed by atoms with Crippen LogP contribution in [0.5, 0.6) is 23.0 Å². The third-order valence-corrected chi connectivity index (χ3v) is 8.26. The van der Waals surface area contributed by atoms with Crippen molar-refractivity contribution in [1.82, 2.24) is 4.90 Å². The molecule has 0 bridgehead atoms. The molecule has 6 rings (SSSR count). The number of nitrogens with zero attached hydrogens (tertiary/aromatic N) is 2. The topological polar surface area (TPSA) is 65.4 Å². The highest BCUT2D eigenvalue weighted by Gasteiger charge is 2.58. The van der Waals surface area contributed by atoms with Crippen LogP contribution in [0.1, 0.15) is 40.7 Å². The van der Waals surface area contributed by atoms with Crippen LogP contribution in [0.2, 0.25) is 0 Å². The number of hydrogen-bond acceptors (Lipinski definition) is 6. The number of benzene rings is 3. The van der Waals surface area contributed by atoms with Crippen LogP contribution in [0.4, 0.5) is 5.69 Å². The summed E-state index contributed by atoms with van der Waals surface area (Å²) in [5.74, 6) is 2.08. The standard InChI is InChI=1S/C30H34N2O4/c1-18-5-7-22(8-6-18)32-11-9-31(10-12-32)17-30-24-16-26(34)20(3)14-28(24)35-29(30)21(4)23-15-25(33)19(2)13-27(23)36-30/h5-8,13-16,21,29,33-34H,9-12,17H2,1-4H3/t21-,29-,30-/m1/s1. The van der Waals surface area contributed by atoms with Crippen LogP contribution in [-0.2, 0) is 5.60 Å². The van der Waals surface area contributed by atoms with E-state index in [1.165, 1.54) is 11.3 Å². The predicted octanol–water partition coefficient (Wildman–Crippen LogP) is 5.00. The van der Waals surface area contributed by atoms with Crippen LogP contribution in [0.25, 0.3) is 0 Å². The second kappa shape index (κ2) is 8.34. The fourth-order valence-electron chi connectivity index (χ4n) is 6.05. The van der Waals surface area contributed by atoms with Crippen LogP contribution >= 0.6 is 0 Å². The van der Waals surface area contributed by atoms with Gasteiger partial charge in [-0.05, 0) is 68.3 Å². The van der Waals surface area contributed by atoms with Gasteiger partial charge in [0.05, 0.1) is 0 Å². The van der Waals surface area contributed by atoms with Crippen molar-refractivity contribution in [3.8, 4) is 23.0 Å². The van der Waals surface area contributed by atoms with Crippen molar-refractivity contribution >= 4 is 5.69 Å². The summed E-state index contributed by atoms with van der Waals surface area (Å²) in [6, 6.07) is 16.2. The van der Waals surface area contributed by atoms with Crippen LogP contribution in [0.3, 0.4) is 0 Å². The third-order valence-electron chi connectivity index (χ3n) is 8.26. The van der Waals surface area contributed by atoms with E-state index in [1.54, 1.807) is 0 Å². The summed E-state index contributed by atoms with van der Waals surface area (Å²) in [5.41, 5.74) is 5.21. The average Bonchev–Trinajstić information content (AvgIpc) is 3.15. The van der Waals surface area contributed by atoms with E-state index in [2.05, 4.69) is 47.9 Å². The van der Waals surface area contributed by atoms with E-state index in [4.69, 9.17) is 9.47 Å². The van der Waals surface area contributed by atoms with Gasteiger partial charge in [0, 0.05) is 55.5 Å². The van der Waals surface area contributed by atoms with E-state index in [0.29, 0.717) is 6.54 Å². The molecule has 3 aliphatic heterocycles. The quantitative estimate of drug-likeness (QED) is 0.543. The lowest BCUT2D eigenvalue weighted by Gasteiger charge is -2.46. The second-order valence-corrected chi connectivity index (χ2v) is 10.7. The SMILES string of the molecule is Cc1ccc(N2CCN(C[C@]34Oc5cc(C)c(O)cc5[C@@H](C)[C@H]3Oc3cc(C)c(O)cc34)CC2)cc1. The largest absolute Gasteiger partial charge is 0.508 e. The van der Waals surface area contributed by atoms with Gasteiger partial charge in [0.15, 0.2) is 11.7 Å². The van der Waals surface area contributed by atoms with Gasteiger partial charge in [-0.1, -0.05) is 24.6 Å². The van der Waals surface area contributed by atoms with Gasteiger partial charge in [-0.3, -0.25) is 4.90 Å². The molecular weight excluding hydrogens is 452 g/mol. The lowest BCUT2D eigenvalue weighted by molar-refractivity contribution is -0.0657. The van der Waals surface area contributed by atoms with Crippen molar-refractivity contribution in [2.24, 2.45) is 0 Å². The van der Waals surface area contributed by atoms with Gasteiger partial charge in [0.25, 0.3) is 0 Å². The predicted molar refractivity (Wildman–Crippen MR) is 141 cm³/mol. The van der Waals surface area contributed by atoms with Gasteiger partial charge in [-0.15, -0.1) is 0 Å². The Bertz CT molecular complexity index is 1310. The number of anilines is 1. The van der Waals surface area contributed by atoms with E-state index in [9.17, 15) is 10.2 Å². The number of hydrogen-bond donors (Lipinski definition) is 2. The van der Waals surface area contributed by atoms with Gasteiger partial charge in [0.1, 0.15) is 23.0 Å². The molecule has 3 atom stereocenters. The monoisotopic (exact) mass is 486 g/mol. The summed E-state index contributed by atoms with van der Waals surface area (Å²) in [7, 11) is 0. The Labute approximate surface area is 212 Å². The Morgan fingerprint density at radius 1 is 0.861 bits per heavy atom. The molecule has 6 nitrogen and oxygen atoms in total. The normalized spacial score (nSPS) is 24.9. The summed E-state index contributed by atoms with van der Waals surface area (Å²) in [6.07, 6.45) is -0.265. The Morgan fingerprint density at radius 2 is 1.50 bits per heavy atom. The van der Waals surface area contributed by atoms with E-state index < -0.39 is 5.60 Å². The summed E-state index contributed by atoms with van der Waals surface area (Å²) < 4.78 is 13.5. The minimum absolute atomic E-state index is 0.00365. The molecule has 188 valence electrons. The van der Waals surface area contributed by atoms with Crippen LogP contribution in [-0.4, -0.2) is 53.9 Å². The number of aromatic hydroxyl groups is 2. The molecule has 36 heavy (non-hydrogen) atoms. The first-order valence-corrected chi connectivity index (χ1v) is 12.8. The molecule has 0 amide bonds. The molecule has 0 spiro atoms. The van der Waals surface area contributed by atoms with Crippen molar-refractivity contribution in [2.75, 3.05) is 37.6 Å². The van der Waals surface area contributed by atoms with Crippen molar-refractivity contribution in [2.45, 2.75) is 45.3 Å². The zero-order chi connectivity index (χ0) is 25.2. The van der Waals surface area contributed by atoms with E-state index in [0.717, 1.165) is 59.9 Å². The Hall–Kier alpha value is -3.38. The number of phenolic OH excluding ortho intramolecular Hbond substituents is 2. The number of rotatable bonds is 3. The molecule has 3 aliphatic rings. The second-order valence-electron chi connectivity index (χ2n) is 10.7. The van der Waals surface area contributed by atoms with Crippen LogP contribution in [0.15, 0.2) is 48.5 Å². The summed E-state index contributed by atoms with van der Waals surface area (Å²) in [5, 5.41) is 21.0. The molecular formula is C30H34N2O4. The number of phenols is 2. The Kier molecular flexibility index (Phi) is 5.34. The average molecular weight is 487 g/mol. The zero-order valence-electron chi connectivity index (χ0n) is 21.4. The molecule has 3 aromatic carbocycles. The number of piperazine rings is 1. The highest BCUT2D eigenvalue weighted by molar-refractivity contribution is 5.57. The summed E-state index contributed by atoms with van der Waals surface area (Å²) in [4.78, 5) is 4.89. The highest BCUT2D eigenvalue weighted by Crippen LogP contribution is 2.55. The molecule has 1 saturated heterocycles. The molecule has 0 radical (unpaired) electrons. The number of aryl methyl sites for hydroxylation is 3. The highest BCUT2D eigenvalue weighted by atomic mass is 16.6. The van der Waals surface area contributed by atoms with Crippen molar-refractivity contribution in [3.05, 3.63) is 76.3 Å². The lowest BCUT2D eigenvalue weighted by atomic mass is 9.77. The molecule has 0 unspecified atom stereocenters. The van der Waals surface area contributed by atoms with Crippen LogP contribution in [0, 0.1) is 20.8 Å². The zero-order valence-corrected chi connectivity index (χ0v) is 21.4. The Morgan fingerprint density at radius 3 is 2.19 bits per heavy atom. The molecule has 0 aromatic heterocycles. The maximum absolute atomic E-state index is 10.7. The molecule has 0 aliphatic carbocycles. The number of ether oxygens (including phenoxy) is 2. The molecule has 2 N–H and O–H groups in total. The first kappa shape index (κ1) is 23.0. The maximum Gasteiger partial charge on any atom is 0.187 e. The van der Waals surface area contributed by atoms with Crippen LogP contribution < -0.4 is 14.4 Å². The summed E-state index contributed by atoms with van der Waals surface area (Å²) in [6.45, 7) is 12.4. The minimum atomic E-state index is -0.748. The van der Waals surface area contributed by atoms with Crippen molar-refractivity contribution in [3.63, 3.8) is 0 Å². The van der Waals surface area contributed by atoms with E-state index in [1.807, 2.05) is 38.1 Å². The third kappa shape index (κ3) is 3.58. The number of fused-ring (bicyclic) bond motifs is 4. The van der Waals surface area contributed by atoms with Gasteiger partial charge in [0.2, 0.25) is 0 Å². The molecule has 1 fully saturated rings. The summed E-state index contributed by atoms with van der Waals surface area (Å²) >= 11 is 0. The fraction of sp³-hybridized carbons (Fsp3) is 0.400. The Balaban J connectivity index is 1.34. The van der Waals surface area contributed by atoms with Crippen molar-refractivity contribution in [1.29, 1.82) is 0 Å². The molecule has 0 saturated carbocycles. The van der Waals surface area contributed by atoms with Gasteiger partial charge in [-0.25, -0.2) is 0 Å². The van der Waals surface area contributed by atoms with Gasteiger partial charge in [-0.2, -0.15) is 0 Å². The molecule has 6 heteroatoms. The first-order valence-electron chi connectivity index (χ1n) is 12.8. The molecule has 3 heterocycles.